The molecule has 2 aromatic carbocycles. The molecule has 2 aromatic rings. The number of non-ortho nitro benzene ring substituents is 1. The zero-order valence-electron chi connectivity index (χ0n) is 13.0. The largest absolute Gasteiger partial charge is 0.494 e. The molecule has 0 bridgehead atoms. The molecule has 124 valence electrons. The minimum absolute atomic E-state index is 0.0208. The van der Waals surface area contributed by atoms with Gasteiger partial charge in [0.1, 0.15) is 11.1 Å². The van der Waals surface area contributed by atoms with Gasteiger partial charge in [0.05, 0.1) is 17.3 Å². The van der Waals surface area contributed by atoms with Crippen LogP contribution in [-0.2, 0) is 4.79 Å². The summed E-state index contributed by atoms with van der Waals surface area (Å²) in [5, 5.41) is 10.6. The second kappa shape index (κ2) is 6.92. The molecule has 1 aliphatic rings. The van der Waals surface area contributed by atoms with Crippen LogP contribution in [-0.4, -0.2) is 23.2 Å². The summed E-state index contributed by atoms with van der Waals surface area (Å²) in [6.45, 7) is 2.50. The fourth-order valence-electron chi connectivity index (χ4n) is 2.58. The van der Waals surface area contributed by atoms with E-state index in [1.165, 1.54) is 23.9 Å². The van der Waals surface area contributed by atoms with Gasteiger partial charge in [-0.1, -0.05) is 0 Å². The van der Waals surface area contributed by atoms with Crippen molar-refractivity contribution >= 4 is 29.0 Å². The molecule has 0 radical (unpaired) electrons. The number of nitro benzene ring substituents is 1. The van der Waals surface area contributed by atoms with Crippen molar-refractivity contribution in [1.29, 1.82) is 0 Å². The van der Waals surface area contributed by atoms with E-state index >= 15 is 0 Å². The minimum Gasteiger partial charge on any atom is -0.494 e. The lowest BCUT2D eigenvalue weighted by atomic mass is 10.1. The Bertz CT molecular complexity index is 746. The van der Waals surface area contributed by atoms with E-state index in [-0.39, 0.29) is 17.0 Å². The summed E-state index contributed by atoms with van der Waals surface area (Å²) in [4.78, 5) is 24.4. The molecule has 0 spiro atoms. The molecule has 6 nitrogen and oxygen atoms in total. The number of nitro groups is 1. The number of carbonyl (C=O) groups excluding carboxylic acids is 1. The van der Waals surface area contributed by atoms with Crippen LogP contribution in [0, 0.1) is 10.1 Å². The van der Waals surface area contributed by atoms with Crippen LogP contribution in [0.1, 0.15) is 17.9 Å². The Morgan fingerprint density at radius 1 is 1.21 bits per heavy atom. The van der Waals surface area contributed by atoms with Gasteiger partial charge < -0.3 is 4.74 Å². The van der Waals surface area contributed by atoms with Gasteiger partial charge in [0, 0.05) is 17.8 Å². The molecule has 0 aliphatic carbocycles. The van der Waals surface area contributed by atoms with Gasteiger partial charge in [0.25, 0.3) is 5.69 Å². The molecule has 0 unspecified atom stereocenters. The number of hydrogen-bond donors (Lipinski definition) is 0. The molecule has 1 heterocycles. The van der Waals surface area contributed by atoms with Gasteiger partial charge >= 0.3 is 0 Å². The van der Waals surface area contributed by atoms with Crippen molar-refractivity contribution in [1.82, 2.24) is 0 Å². The Hall–Kier alpha value is -2.54. The highest BCUT2D eigenvalue weighted by atomic mass is 32.2. The van der Waals surface area contributed by atoms with Crippen molar-refractivity contribution in [3.63, 3.8) is 0 Å². The van der Waals surface area contributed by atoms with Crippen LogP contribution in [0.3, 0.4) is 0 Å². The van der Waals surface area contributed by atoms with Crippen LogP contribution in [0.5, 0.6) is 5.75 Å². The molecular weight excluding hydrogens is 328 g/mol. The van der Waals surface area contributed by atoms with Crippen molar-refractivity contribution in [3.05, 3.63) is 64.2 Å². The Balaban J connectivity index is 1.87. The van der Waals surface area contributed by atoms with E-state index in [0.717, 1.165) is 17.0 Å². The number of amides is 1. The highest BCUT2D eigenvalue weighted by molar-refractivity contribution is 8.00. The normalized spacial score (nSPS) is 17.1. The smallest absolute Gasteiger partial charge is 0.269 e. The topological polar surface area (TPSA) is 72.7 Å². The third-order valence-corrected chi connectivity index (χ3v) is 4.90. The summed E-state index contributed by atoms with van der Waals surface area (Å²) in [7, 11) is 0. The van der Waals surface area contributed by atoms with Gasteiger partial charge in [-0.2, -0.15) is 0 Å². The molecular formula is C17H16N2O4S. The molecule has 1 saturated heterocycles. The van der Waals surface area contributed by atoms with Gasteiger partial charge in [0.15, 0.2) is 0 Å². The summed E-state index contributed by atoms with van der Waals surface area (Å²) >= 11 is 1.51. The lowest BCUT2D eigenvalue weighted by Gasteiger charge is -2.24. The molecule has 0 saturated carbocycles. The van der Waals surface area contributed by atoms with Crippen molar-refractivity contribution in [3.8, 4) is 5.75 Å². The summed E-state index contributed by atoms with van der Waals surface area (Å²) in [5.41, 5.74) is 1.70. The average Bonchev–Trinajstić information content (AvgIpc) is 2.97. The summed E-state index contributed by atoms with van der Waals surface area (Å²) in [5.74, 6) is 1.16. The minimum atomic E-state index is -0.430. The SMILES string of the molecule is CCOc1ccc(N2C(=O)CS[C@H]2c2ccc([N+](=O)[O-])cc2)cc1. The van der Waals surface area contributed by atoms with Crippen molar-refractivity contribution in [2.75, 3.05) is 17.3 Å². The predicted octanol–water partition coefficient (Wildman–Crippen LogP) is 3.77. The number of rotatable bonds is 5. The summed E-state index contributed by atoms with van der Waals surface area (Å²) < 4.78 is 5.42. The summed E-state index contributed by atoms with van der Waals surface area (Å²) in [6, 6.07) is 13.7. The molecule has 0 N–H and O–H groups in total. The number of ether oxygens (including phenoxy) is 1. The first kappa shape index (κ1) is 16.3. The molecule has 3 rings (SSSR count). The van der Waals surface area contributed by atoms with E-state index in [0.29, 0.717) is 12.4 Å². The Morgan fingerprint density at radius 3 is 2.46 bits per heavy atom. The van der Waals surface area contributed by atoms with E-state index in [1.807, 2.05) is 31.2 Å². The summed E-state index contributed by atoms with van der Waals surface area (Å²) in [6.07, 6.45) is 0. The predicted molar refractivity (Wildman–Crippen MR) is 93.4 cm³/mol. The third-order valence-electron chi connectivity index (χ3n) is 3.68. The zero-order chi connectivity index (χ0) is 17.1. The van der Waals surface area contributed by atoms with Gasteiger partial charge in [-0.25, -0.2) is 0 Å². The molecule has 1 amide bonds. The highest BCUT2D eigenvalue weighted by Gasteiger charge is 2.34. The van der Waals surface area contributed by atoms with Crippen LogP contribution in [0.25, 0.3) is 0 Å². The van der Waals surface area contributed by atoms with Crippen LogP contribution in [0.15, 0.2) is 48.5 Å². The fourth-order valence-corrected chi connectivity index (χ4v) is 3.76. The average molecular weight is 344 g/mol. The Morgan fingerprint density at radius 2 is 1.88 bits per heavy atom. The standard InChI is InChI=1S/C17H16N2O4S/c1-2-23-15-9-7-13(8-10-15)18-16(20)11-24-17(18)12-3-5-14(6-4-12)19(21)22/h3-10,17H,2,11H2,1H3/t17-/m0/s1. The maximum atomic E-state index is 12.3. The fraction of sp³-hybridized carbons (Fsp3) is 0.235. The van der Waals surface area contributed by atoms with E-state index in [1.54, 1.807) is 17.0 Å². The highest BCUT2D eigenvalue weighted by Crippen LogP contribution is 2.42. The molecule has 7 heteroatoms. The monoisotopic (exact) mass is 344 g/mol. The van der Waals surface area contributed by atoms with Crippen molar-refractivity contribution < 1.29 is 14.5 Å². The van der Waals surface area contributed by atoms with Crippen LogP contribution >= 0.6 is 11.8 Å². The lowest BCUT2D eigenvalue weighted by Crippen LogP contribution is -2.27. The maximum Gasteiger partial charge on any atom is 0.269 e. The molecule has 1 fully saturated rings. The van der Waals surface area contributed by atoms with Gasteiger partial charge in [-0.05, 0) is 48.9 Å². The maximum absolute atomic E-state index is 12.3. The quantitative estimate of drug-likeness (QED) is 0.610. The lowest BCUT2D eigenvalue weighted by molar-refractivity contribution is -0.384. The number of anilines is 1. The molecule has 0 aromatic heterocycles. The number of benzene rings is 2. The van der Waals surface area contributed by atoms with Crippen molar-refractivity contribution in [2.45, 2.75) is 12.3 Å². The Kier molecular flexibility index (Phi) is 4.71. The number of hydrogen-bond acceptors (Lipinski definition) is 5. The van der Waals surface area contributed by atoms with Gasteiger partial charge in [-0.15, -0.1) is 11.8 Å². The first-order valence-corrected chi connectivity index (χ1v) is 8.56. The van der Waals surface area contributed by atoms with Gasteiger partial charge in [0.2, 0.25) is 5.91 Å². The molecule has 1 atom stereocenters. The van der Waals surface area contributed by atoms with Crippen LogP contribution in [0.2, 0.25) is 0 Å². The number of carbonyl (C=O) groups is 1. The second-order valence-electron chi connectivity index (χ2n) is 5.20. The van der Waals surface area contributed by atoms with E-state index in [2.05, 4.69) is 0 Å². The van der Waals surface area contributed by atoms with Gasteiger partial charge in [-0.3, -0.25) is 19.8 Å². The van der Waals surface area contributed by atoms with E-state index < -0.39 is 4.92 Å². The first-order valence-electron chi connectivity index (χ1n) is 7.51. The van der Waals surface area contributed by atoms with Crippen LogP contribution in [0.4, 0.5) is 11.4 Å². The first-order chi connectivity index (χ1) is 11.6. The van der Waals surface area contributed by atoms with E-state index in [9.17, 15) is 14.9 Å². The van der Waals surface area contributed by atoms with Crippen LogP contribution < -0.4 is 9.64 Å². The number of thioether (sulfide) groups is 1. The second-order valence-corrected chi connectivity index (χ2v) is 6.27. The van der Waals surface area contributed by atoms with E-state index in [4.69, 9.17) is 4.74 Å². The molecule has 24 heavy (non-hydrogen) atoms. The van der Waals surface area contributed by atoms with Crippen molar-refractivity contribution in [2.24, 2.45) is 0 Å². The zero-order valence-corrected chi connectivity index (χ0v) is 13.9. The third kappa shape index (κ3) is 3.21. The Labute approximate surface area is 143 Å². The molecule has 1 aliphatic heterocycles. The number of nitrogens with zero attached hydrogens (tertiary/aromatic N) is 2.